The van der Waals surface area contributed by atoms with Crippen molar-refractivity contribution in [2.75, 3.05) is 13.9 Å². The van der Waals surface area contributed by atoms with Crippen LogP contribution in [0.2, 0.25) is 0 Å². The summed E-state index contributed by atoms with van der Waals surface area (Å²) in [6.45, 7) is 0.691. The van der Waals surface area contributed by atoms with E-state index in [0.717, 1.165) is 39.3 Å². The number of carbonyl (C=O) groups excluding carboxylic acids is 1. The fourth-order valence-corrected chi connectivity index (χ4v) is 2.92. The van der Waals surface area contributed by atoms with Crippen molar-refractivity contribution in [2.24, 2.45) is 0 Å². The summed E-state index contributed by atoms with van der Waals surface area (Å²) < 4.78 is 15.9. The van der Waals surface area contributed by atoms with E-state index in [1.165, 1.54) is 0 Å². The first kappa shape index (κ1) is 15.4. The van der Waals surface area contributed by atoms with E-state index < -0.39 is 0 Å². The first-order chi connectivity index (χ1) is 12.2. The molecule has 1 aliphatic heterocycles. The third-order valence-corrected chi connectivity index (χ3v) is 4.25. The van der Waals surface area contributed by atoms with Crippen molar-refractivity contribution >= 4 is 16.8 Å². The van der Waals surface area contributed by atoms with Gasteiger partial charge in [0.1, 0.15) is 5.75 Å². The molecule has 0 bridgehead atoms. The van der Waals surface area contributed by atoms with E-state index in [9.17, 15) is 4.79 Å². The molecule has 0 spiro atoms. The number of aromatic nitrogens is 1. The second-order valence-electron chi connectivity index (χ2n) is 5.87. The molecule has 1 aromatic heterocycles. The Bertz CT molecular complexity index is 932. The van der Waals surface area contributed by atoms with Crippen LogP contribution in [-0.4, -0.2) is 24.8 Å². The highest BCUT2D eigenvalue weighted by Crippen LogP contribution is 2.32. The van der Waals surface area contributed by atoms with E-state index >= 15 is 0 Å². The summed E-state index contributed by atoms with van der Waals surface area (Å²) in [5.74, 6) is 2.19. The molecule has 128 valence electrons. The third kappa shape index (κ3) is 3.10. The van der Waals surface area contributed by atoms with Crippen LogP contribution in [0.5, 0.6) is 17.2 Å². The lowest BCUT2D eigenvalue weighted by molar-refractivity contribution is -0.120. The lowest BCUT2D eigenvalue weighted by Gasteiger charge is -2.06. The van der Waals surface area contributed by atoms with E-state index in [-0.39, 0.29) is 12.7 Å². The predicted octanol–water partition coefficient (Wildman–Crippen LogP) is 2.76. The van der Waals surface area contributed by atoms with Gasteiger partial charge in [0.2, 0.25) is 12.7 Å². The highest BCUT2D eigenvalue weighted by Gasteiger charge is 2.14. The molecule has 0 unspecified atom stereocenters. The van der Waals surface area contributed by atoms with E-state index in [1.807, 2.05) is 42.6 Å². The van der Waals surface area contributed by atoms with Crippen molar-refractivity contribution in [2.45, 2.75) is 13.0 Å². The first-order valence-corrected chi connectivity index (χ1v) is 8.02. The summed E-state index contributed by atoms with van der Waals surface area (Å²) >= 11 is 0. The molecule has 0 aliphatic carbocycles. The van der Waals surface area contributed by atoms with Crippen LogP contribution < -0.4 is 19.5 Å². The number of ether oxygens (including phenoxy) is 3. The molecule has 2 heterocycles. The van der Waals surface area contributed by atoms with Crippen molar-refractivity contribution in [1.82, 2.24) is 10.3 Å². The van der Waals surface area contributed by atoms with Gasteiger partial charge in [0.25, 0.3) is 0 Å². The Labute approximate surface area is 144 Å². The molecule has 3 aromatic rings. The number of fused-ring (bicyclic) bond motifs is 2. The molecule has 0 atom stereocenters. The Morgan fingerprint density at radius 2 is 2.08 bits per heavy atom. The number of methoxy groups -OCH3 is 1. The molecule has 0 fully saturated rings. The summed E-state index contributed by atoms with van der Waals surface area (Å²) in [7, 11) is 1.63. The molecule has 1 aliphatic rings. The van der Waals surface area contributed by atoms with E-state index in [2.05, 4.69) is 10.3 Å². The zero-order valence-corrected chi connectivity index (χ0v) is 13.8. The van der Waals surface area contributed by atoms with E-state index in [1.54, 1.807) is 7.11 Å². The quantitative estimate of drug-likeness (QED) is 0.750. The minimum absolute atomic E-state index is 0.0404. The lowest BCUT2D eigenvalue weighted by Crippen LogP contribution is -2.24. The number of aromatic amines is 1. The van der Waals surface area contributed by atoms with Crippen LogP contribution in [0.4, 0.5) is 0 Å². The van der Waals surface area contributed by atoms with Gasteiger partial charge in [-0.2, -0.15) is 0 Å². The molecular formula is C19H18N2O4. The Morgan fingerprint density at radius 3 is 2.96 bits per heavy atom. The molecular weight excluding hydrogens is 320 g/mol. The fraction of sp³-hybridized carbons (Fsp3) is 0.211. The molecule has 2 aromatic carbocycles. The highest BCUT2D eigenvalue weighted by atomic mass is 16.7. The van der Waals surface area contributed by atoms with Crippen molar-refractivity contribution in [1.29, 1.82) is 0 Å². The number of amides is 1. The molecule has 0 radical (unpaired) electrons. The summed E-state index contributed by atoms with van der Waals surface area (Å²) in [6.07, 6.45) is 2.17. The minimum atomic E-state index is -0.0404. The zero-order chi connectivity index (χ0) is 17.2. The van der Waals surface area contributed by atoms with Gasteiger partial charge in [0, 0.05) is 23.6 Å². The van der Waals surface area contributed by atoms with Gasteiger partial charge in [-0.25, -0.2) is 0 Å². The van der Waals surface area contributed by atoms with Crippen LogP contribution in [-0.2, 0) is 17.8 Å². The van der Waals surface area contributed by atoms with Gasteiger partial charge in [0.05, 0.1) is 13.5 Å². The number of nitrogens with one attached hydrogen (secondary N) is 2. The third-order valence-electron chi connectivity index (χ3n) is 4.25. The molecule has 6 nitrogen and oxygen atoms in total. The maximum atomic E-state index is 12.3. The average molecular weight is 338 g/mol. The minimum Gasteiger partial charge on any atom is -0.497 e. The van der Waals surface area contributed by atoms with Gasteiger partial charge in [-0.05, 0) is 41.5 Å². The Hall–Kier alpha value is -3.15. The summed E-state index contributed by atoms with van der Waals surface area (Å²) in [5, 5.41) is 3.94. The Kier molecular flexibility index (Phi) is 3.93. The van der Waals surface area contributed by atoms with E-state index in [0.29, 0.717) is 13.0 Å². The SMILES string of the molecule is COc1ccc2[nH]cc(CC(=O)NCc3ccc4c(c3)OCO4)c2c1. The second-order valence-corrected chi connectivity index (χ2v) is 5.87. The first-order valence-electron chi connectivity index (χ1n) is 8.02. The monoisotopic (exact) mass is 338 g/mol. The summed E-state index contributed by atoms with van der Waals surface area (Å²) in [5.41, 5.74) is 2.90. The molecule has 0 saturated carbocycles. The van der Waals surface area contributed by atoms with Crippen LogP contribution in [0.1, 0.15) is 11.1 Å². The van der Waals surface area contributed by atoms with Gasteiger partial charge in [-0.15, -0.1) is 0 Å². The number of rotatable bonds is 5. The lowest BCUT2D eigenvalue weighted by atomic mass is 10.1. The number of carbonyl (C=O) groups is 1. The molecule has 1 amide bonds. The van der Waals surface area contributed by atoms with Gasteiger partial charge in [-0.3, -0.25) is 4.79 Å². The molecule has 0 saturated heterocycles. The normalized spacial score (nSPS) is 12.4. The summed E-state index contributed by atoms with van der Waals surface area (Å²) in [6, 6.07) is 11.4. The van der Waals surface area contributed by atoms with Crippen LogP contribution in [0.25, 0.3) is 10.9 Å². The van der Waals surface area contributed by atoms with Gasteiger partial charge in [0.15, 0.2) is 11.5 Å². The highest BCUT2D eigenvalue weighted by molar-refractivity contribution is 5.89. The van der Waals surface area contributed by atoms with Crippen LogP contribution in [0.15, 0.2) is 42.6 Å². The van der Waals surface area contributed by atoms with Crippen LogP contribution in [0, 0.1) is 0 Å². The van der Waals surface area contributed by atoms with Gasteiger partial charge < -0.3 is 24.5 Å². The van der Waals surface area contributed by atoms with Gasteiger partial charge in [-0.1, -0.05) is 6.07 Å². The standard InChI is InChI=1S/C19H18N2O4/c1-23-14-3-4-16-15(8-14)13(10-20-16)7-19(22)21-9-12-2-5-17-18(6-12)25-11-24-17/h2-6,8,10,20H,7,9,11H2,1H3,(H,21,22). The molecule has 2 N–H and O–H groups in total. The maximum Gasteiger partial charge on any atom is 0.231 e. The second kappa shape index (κ2) is 6.39. The maximum absolute atomic E-state index is 12.3. The van der Waals surface area contributed by atoms with Crippen LogP contribution in [0.3, 0.4) is 0 Å². The largest absolute Gasteiger partial charge is 0.497 e. The molecule has 6 heteroatoms. The zero-order valence-electron chi connectivity index (χ0n) is 13.8. The topological polar surface area (TPSA) is 72.6 Å². The number of hydrogen-bond donors (Lipinski definition) is 2. The van der Waals surface area contributed by atoms with Crippen molar-refractivity contribution in [3.05, 3.63) is 53.7 Å². The molecule has 4 rings (SSSR count). The van der Waals surface area contributed by atoms with Gasteiger partial charge >= 0.3 is 0 Å². The number of hydrogen-bond acceptors (Lipinski definition) is 4. The summed E-state index contributed by atoms with van der Waals surface area (Å²) in [4.78, 5) is 15.5. The number of benzene rings is 2. The van der Waals surface area contributed by atoms with Crippen molar-refractivity contribution in [3.63, 3.8) is 0 Å². The van der Waals surface area contributed by atoms with Crippen molar-refractivity contribution < 1.29 is 19.0 Å². The Morgan fingerprint density at radius 1 is 1.20 bits per heavy atom. The van der Waals surface area contributed by atoms with Crippen molar-refractivity contribution in [3.8, 4) is 17.2 Å². The fourth-order valence-electron chi connectivity index (χ4n) is 2.92. The predicted molar refractivity (Wildman–Crippen MR) is 93.0 cm³/mol. The number of H-pyrrole nitrogens is 1. The van der Waals surface area contributed by atoms with Crippen LogP contribution >= 0.6 is 0 Å². The smallest absolute Gasteiger partial charge is 0.231 e. The molecule has 25 heavy (non-hydrogen) atoms. The average Bonchev–Trinajstić information content (AvgIpc) is 3.26. The van der Waals surface area contributed by atoms with E-state index in [4.69, 9.17) is 14.2 Å². The Balaban J connectivity index is 1.42.